The molecule has 96 valence electrons. The van der Waals surface area contributed by atoms with Gasteiger partial charge in [0.2, 0.25) is 0 Å². The molecule has 0 N–H and O–H groups in total. The largest absolute Gasteiger partial charge is 0.277 e. The van der Waals surface area contributed by atoms with Gasteiger partial charge in [-0.15, -0.1) is 5.10 Å². The minimum atomic E-state index is -0.203. The maximum Gasteiger partial charge on any atom is 0.277 e. The molecule has 1 aromatic carbocycles. The van der Waals surface area contributed by atoms with E-state index in [4.69, 9.17) is 5.26 Å². The molecule has 0 aliphatic carbocycles. The Bertz CT molecular complexity index is 878. The summed E-state index contributed by atoms with van der Waals surface area (Å²) >= 11 is 0. The van der Waals surface area contributed by atoms with Gasteiger partial charge >= 0.3 is 0 Å². The molecule has 0 saturated heterocycles. The van der Waals surface area contributed by atoms with Gasteiger partial charge in [0.15, 0.2) is 0 Å². The second-order valence-corrected chi connectivity index (χ2v) is 4.23. The lowest BCUT2D eigenvalue weighted by Crippen LogP contribution is -2.24. The minimum absolute atomic E-state index is 0.203. The Morgan fingerprint density at radius 1 is 1.25 bits per heavy atom. The summed E-state index contributed by atoms with van der Waals surface area (Å²) in [4.78, 5) is 16.2. The Hall–Kier alpha value is -3.07. The van der Waals surface area contributed by atoms with E-state index in [1.54, 1.807) is 30.3 Å². The molecule has 0 saturated carbocycles. The number of rotatable bonds is 2. The van der Waals surface area contributed by atoms with Gasteiger partial charge in [-0.25, -0.2) is 9.67 Å². The summed E-state index contributed by atoms with van der Waals surface area (Å²) in [6, 6.07) is 12.4. The van der Waals surface area contributed by atoms with Crippen molar-refractivity contribution in [2.24, 2.45) is 0 Å². The van der Waals surface area contributed by atoms with E-state index in [1.165, 1.54) is 10.9 Å². The normalized spacial score (nSPS) is 10.3. The van der Waals surface area contributed by atoms with Gasteiger partial charge in [0.25, 0.3) is 5.56 Å². The molecule has 0 spiro atoms. The third kappa shape index (κ3) is 2.12. The van der Waals surface area contributed by atoms with Crippen molar-refractivity contribution in [3.63, 3.8) is 0 Å². The summed E-state index contributed by atoms with van der Waals surface area (Å²) in [6.45, 7) is 0.258. The van der Waals surface area contributed by atoms with Crippen LogP contribution in [0, 0.1) is 11.3 Å². The van der Waals surface area contributed by atoms with E-state index in [9.17, 15) is 4.79 Å². The van der Waals surface area contributed by atoms with Crippen LogP contribution in [0.4, 0.5) is 0 Å². The van der Waals surface area contributed by atoms with Crippen molar-refractivity contribution in [3.05, 3.63) is 64.2 Å². The van der Waals surface area contributed by atoms with Crippen molar-refractivity contribution in [1.29, 1.82) is 5.26 Å². The first-order valence-electron chi connectivity index (χ1n) is 5.95. The second-order valence-electron chi connectivity index (χ2n) is 4.23. The fourth-order valence-corrected chi connectivity index (χ4v) is 1.93. The molecule has 0 aliphatic rings. The minimum Gasteiger partial charge on any atom is -0.267 e. The molecule has 6 heteroatoms. The molecule has 0 radical (unpaired) electrons. The van der Waals surface area contributed by atoms with E-state index in [2.05, 4.69) is 15.3 Å². The highest BCUT2D eigenvalue weighted by atomic mass is 16.1. The van der Waals surface area contributed by atoms with Crippen LogP contribution < -0.4 is 5.56 Å². The molecule has 6 nitrogen and oxygen atoms in total. The molecule has 0 unspecified atom stereocenters. The highest BCUT2D eigenvalue weighted by Crippen LogP contribution is 2.05. The van der Waals surface area contributed by atoms with Crippen LogP contribution in [0.3, 0.4) is 0 Å². The number of pyridine rings is 1. The average Bonchev–Trinajstić information content (AvgIpc) is 2.50. The van der Waals surface area contributed by atoms with Gasteiger partial charge in [0.05, 0.1) is 11.9 Å². The van der Waals surface area contributed by atoms with Crippen LogP contribution in [0.2, 0.25) is 0 Å². The zero-order valence-electron chi connectivity index (χ0n) is 10.4. The monoisotopic (exact) mass is 263 g/mol. The lowest BCUT2D eigenvalue weighted by atomic mass is 10.2. The van der Waals surface area contributed by atoms with Gasteiger partial charge in [0.1, 0.15) is 17.3 Å². The number of aromatic nitrogens is 4. The summed E-state index contributed by atoms with van der Waals surface area (Å²) < 4.78 is 1.28. The SMILES string of the molecule is N#Cc1cc(Cn2nnc3ccccc3c2=O)ccn1. The van der Waals surface area contributed by atoms with E-state index in [0.29, 0.717) is 16.6 Å². The molecule has 20 heavy (non-hydrogen) atoms. The summed E-state index contributed by atoms with van der Waals surface area (Å²) in [5, 5.41) is 17.3. The topological polar surface area (TPSA) is 84.5 Å². The van der Waals surface area contributed by atoms with E-state index < -0.39 is 0 Å². The van der Waals surface area contributed by atoms with E-state index in [0.717, 1.165) is 5.56 Å². The molecule has 0 atom stereocenters. The van der Waals surface area contributed by atoms with Gasteiger partial charge in [-0.2, -0.15) is 5.26 Å². The zero-order chi connectivity index (χ0) is 13.9. The smallest absolute Gasteiger partial charge is 0.267 e. The van der Waals surface area contributed by atoms with Crippen molar-refractivity contribution < 1.29 is 0 Å². The molecule has 2 aromatic heterocycles. The standard InChI is InChI=1S/C14H9N5O/c15-8-11-7-10(5-6-16-11)9-19-14(20)12-3-1-2-4-13(12)17-18-19/h1-7H,9H2. The quantitative estimate of drug-likeness (QED) is 0.691. The van der Waals surface area contributed by atoms with Crippen LogP contribution >= 0.6 is 0 Å². The summed E-state index contributed by atoms with van der Waals surface area (Å²) in [6.07, 6.45) is 1.54. The third-order valence-electron chi connectivity index (χ3n) is 2.90. The highest BCUT2D eigenvalue weighted by Gasteiger charge is 2.06. The number of nitrogens with zero attached hydrogens (tertiary/aromatic N) is 5. The first kappa shape index (κ1) is 12.0. The van der Waals surface area contributed by atoms with Gasteiger partial charge in [0, 0.05) is 6.20 Å². The Kier molecular flexibility index (Phi) is 2.94. The highest BCUT2D eigenvalue weighted by molar-refractivity contribution is 5.76. The predicted molar refractivity (Wildman–Crippen MR) is 71.9 cm³/mol. The number of benzene rings is 1. The molecule has 3 rings (SSSR count). The molecule has 0 amide bonds. The molecular weight excluding hydrogens is 254 g/mol. The number of hydrogen-bond donors (Lipinski definition) is 0. The van der Waals surface area contributed by atoms with Crippen molar-refractivity contribution in [2.45, 2.75) is 6.54 Å². The first-order chi connectivity index (χ1) is 9.78. The zero-order valence-corrected chi connectivity index (χ0v) is 10.4. The van der Waals surface area contributed by atoms with Crippen molar-refractivity contribution in [1.82, 2.24) is 20.0 Å². The van der Waals surface area contributed by atoms with Crippen molar-refractivity contribution in [3.8, 4) is 6.07 Å². The van der Waals surface area contributed by atoms with E-state index in [1.807, 2.05) is 12.1 Å². The average molecular weight is 263 g/mol. The van der Waals surface area contributed by atoms with Gasteiger partial charge in [-0.05, 0) is 29.8 Å². The number of nitriles is 1. The summed E-state index contributed by atoms with van der Waals surface area (Å²) in [5.41, 5.74) is 1.46. The maximum atomic E-state index is 12.3. The molecule has 0 fully saturated rings. The molecule has 0 aliphatic heterocycles. The van der Waals surface area contributed by atoms with Crippen LogP contribution in [0.15, 0.2) is 47.4 Å². The Morgan fingerprint density at radius 2 is 2.10 bits per heavy atom. The van der Waals surface area contributed by atoms with Gasteiger partial charge in [-0.1, -0.05) is 17.3 Å². The number of hydrogen-bond acceptors (Lipinski definition) is 5. The second kappa shape index (κ2) is 4.90. The van der Waals surface area contributed by atoms with Gasteiger partial charge in [-0.3, -0.25) is 4.79 Å². The van der Waals surface area contributed by atoms with Crippen LogP contribution in [0.1, 0.15) is 11.3 Å². The Labute approximate surface area is 113 Å². The Morgan fingerprint density at radius 3 is 2.95 bits per heavy atom. The van der Waals surface area contributed by atoms with Crippen LogP contribution in [-0.2, 0) is 6.54 Å². The van der Waals surface area contributed by atoms with Crippen molar-refractivity contribution in [2.75, 3.05) is 0 Å². The molecule has 0 bridgehead atoms. The molecule has 2 heterocycles. The van der Waals surface area contributed by atoms with E-state index >= 15 is 0 Å². The van der Waals surface area contributed by atoms with Crippen LogP contribution in [0.5, 0.6) is 0 Å². The third-order valence-corrected chi connectivity index (χ3v) is 2.90. The summed E-state index contributed by atoms with van der Waals surface area (Å²) in [7, 11) is 0. The van der Waals surface area contributed by atoms with Gasteiger partial charge < -0.3 is 0 Å². The lowest BCUT2D eigenvalue weighted by molar-refractivity contribution is 0.600. The number of fused-ring (bicyclic) bond motifs is 1. The van der Waals surface area contributed by atoms with Crippen LogP contribution in [0.25, 0.3) is 10.9 Å². The lowest BCUT2D eigenvalue weighted by Gasteiger charge is -2.04. The van der Waals surface area contributed by atoms with E-state index in [-0.39, 0.29) is 12.1 Å². The fraction of sp³-hybridized carbons (Fsp3) is 0.0714. The summed E-state index contributed by atoms with van der Waals surface area (Å²) in [5.74, 6) is 0. The van der Waals surface area contributed by atoms with Crippen LogP contribution in [-0.4, -0.2) is 20.0 Å². The maximum absolute atomic E-state index is 12.3. The predicted octanol–water partition coefficient (Wildman–Crippen LogP) is 1.11. The Balaban J connectivity index is 2.05. The van der Waals surface area contributed by atoms with Crippen molar-refractivity contribution >= 4 is 10.9 Å². The molecular formula is C14H9N5O. The molecule has 3 aromatic rings. The fourth-order valence-electron chi connectivity index (χ4n) is 1.93. The first-order valence-corrected chi connectivity index (χ1v) is 5.95.